The molecule has 4 saturated carbocycles. The second-order valence-corrected chi connectivity index (χ2v) is 21.3. The van der Waals surface area contributed by atoms with Crippen molar-refractivity contribution < 1.29 is 0 Å². The number of para-hydroxylation sites is 1. The van der Waals surface area contributed by atoms with Crippen molar-refractivity contribution >= 4 is 17.1 Å². The summed E-state index contributed by atoms with van der Waals surface area (Å²) in [4.78, 5) is 2.62. The lowest BCUT2D eigenvalue weighted by Crippen LogP contribution is -2.61. The van der Waals surface area contributed by atoms with Gasteiger partial charge in [0.05, 0.1) is 11.1 Å². The Morgan fingerprint density at radius 3 is 1.53 bits per heavy atom. The molecule has 4 bridgehead atoms. The summed E-state index contributed by atoms with van der Waals surface area (Å²) in [6, 6.07) is 72.9. The van der Waals surface area contributed by atoms with E-state index in [0.717, 1.165) is 5.92 Å². The number of hydrogen-bond donors (Lipinski definition) is 0. The van der Waals surface area contributed by atoms with Crippen molar-refractivity contribution in [2.75, 3.05) is 4.90 Å². The first kappa shape index (κ1) is 37.0. The molecular weight excluding hydrogens is 771 g/mol. The molecule has 0 aromatic heterocycles. The van der Waals surface area contributed by atoms with Crippen molar-refractivity contribution in [2.45, 2.75) is 69.1 Å². The zero-order valence-electron chi connectivity index (χ0n) is 37.1. The van der Waals surface area contributed by atoms with Gasteiger partial charge in [-0.15, -0.1) is 0 Å². The first-order valence-electron chi connectivity index (χ1n) is 23.9. The fourth-order valence-corrected chi connectivity index (χ4v) is 15.7. The largest absolute Gasteiger partial charge is 0.310 e. The van der Waals surface area contributed by atoms with E-state index in [0.29, 0.717) is 17.3 Å². The Morgan fingerprint density at radius 1 is 0.391 bits per heavy atom. The Labute approximate surface area is 378 Å². The van der Waals surface area contributed by atoms with Crippen LogP contribution in [0, 0.1) is 23.2 Å². The van der Waals surface area contributed by atoms with Crippen molar-refractivity contribution in [1.82, 2.24) is 0 Å². The average Bonchev–Trinajstić information content (AvgIpc) is 3.74. The third-order valence-electron chi connectivity index (χ3n) is 17.7. The minimum atomic E-state index is -0.419. The number of nitrogens with zero attached hydrogens (tertiary/aromatic N) is 1. The lowest BCUT2D eigenvalue weighted by Gasteiger charge is -2.67. The van der Waals surface area contributed by atoms with E-state index in [4.69, 9.17) is 0 Å². The quantitative estimate of drug-likeness (QED) is 0.171. The number of hydrogen-bond acceptors (Lipinski definition) is 1. The predicted molar refractivity (Wildman–Crippen MR) is 264 cm³/mol. The van der Waals surface area contributed by atoms with E-state index in [1.54, 1.807) is 11.1 Å². The second kappa shape index (κ2) is 12.9. The molecule has 0 heterocycles. The second-order valence-electron chi connectivity index (χ2n) is 21.3. The first-order chi connectivity index (χ1) is 31.3. The molecule has 3 unspecified atom stereocenters. The molecule has 1 nitrogen and oxygen atoms in total. The van der Waals surface area contributed by atoms with Crippen LogP contribution in [0.4, 0.5) is 17.1 Å². The van der Waals surface area contributed by atoms with Gasteiger partial charge < -0.3 is 4.90 Å². The van der Waals surface area contributed by atoms with Gasteiger partial charge in [-0.1, -0.05) is 178 Å². The minimum Gasteiger partial charge on any atom is -0.310 e. The molecule has 0 saturated heterocycles. The van der Waals surface area contributed by atoms with Gasteiger partial charge in [0.25, 0.3) is 0 Å². The van der Waals surface area contributed by atoms with Crippen LogP contribution in [0.25, 0.3) is 33.4 Å². The van der Waals surface area contributed by atoms with E-state index in [9.17, 15) is 0 Å². The topological polar surface area (TPSA) is 3.24 Å². The van der Waals surface area contributed by atoms with Gasteiger partial charge in [-0.25, -0.2) is 0 Å². The maximum atomic E-state index is 2.73. The number of fused-ring (bicyclic) bond motifs is 12. The molecule has 0 amide bonds. The highest BCUT2D eigenvalue weighted by Crippen LogP contribution is 2.74. The molecule has 2 spiro atoms. The predicted octanol–water partition coefficient (Wildman–Crippen LogP) is 15.9. The third kappa shape index (κ3) is 4.60. The van der Waals surface area contributed by atoms with Crippen LogP contribution in [-0.4, -0.2) is 0 Å². The van der Waals surface area contributed by atoms with Gasteiger partial charge in [0.1, 0.15) is 0 Å². The zero-order valence-corrected chi connectivity index (χ0v) is 37.1. The van der Waals surface area contributed by atoms with E-state index in [-0.39, 0.29) is 10.8 Å². The molecule has 4 fully saturated rings. The standard InChI is InChI=1S/C63H53N/c1-60(2)51-23-11-7-20-47(51)50-31-29-44(35-57(50)60)64(59-28-16-10-19-46(59)41-17-5-4-6-18-41)45-30-32-56-58(36-45)62(42-33-40-34-43(62)39-61(3,37-40)38-42)54-26-14-15-27-55(54)63(56)52-24-12-8-21-48(52)49-22-9-13-25-53(49)63/h4-32,35-36,40,42-43H,33-34,37-39H2,1-3H3/t40?,42-,43+,61?,62?. The van der Waals surface area contributed by atoms with E-state index in [1.807, 2.05) is 0 Å². The van der Waals surface area contributed by atoms with Crippen LogP contribution in [0.15, 0.2) is 188 Å². The van der Waals surface area contributed by atoms with Crippen molar-refractivity contribution in [1.29, 1.82) is 0 Å². The summed E-state index contributed by atoms with van der Waals surface area (Å²) >= 11 is 0. The Hall–Kier alpha value is -6.44. The van der Waals surface area contributed by atoms with E-state index in [2.05, 4.69) is 214 Å². The molecule has 5 atom stereocenters. The first-order valence-corrected chi connectivity index (χ1v) is 23.9. The maximum absolute atomic E-state index is 2.73. The molecule has 8 aromatic carbocycles. The van der Waals surface area contributed by atoms with Crippen LogP contribution < -0.4 is 4.90 Å². The summed E-state index contributed by atoms with van der Waals surface area (Å²) in [6.45, 7) is 7.46. The van der Waals surface area contributed by atoms with Gasteiger partial charge in [-0.2, -0.15) is 0 Å². The smallest absolute Gasteiger partial charge is 0.0719 e. The summed E-state index contributed by atoms with van der Waals surface area (Å²) in [6.07, 6.45) is 6.66. The molecule has 64 heavy (non-hydrogen) atoms. The normalized spacial score (nSPS) is 25.0. The summed E-state index contributed by atoms with van der Waals surface area (Å²) < 4.78 is 0. The van der Waals surface area contributed by atoms with Gasteiger partial charge in [0, 0.05) is 27.8 Å². The molecule has 310 valence electrons. The van der Waals surface area contributed by atoms with E-state index < -0.39 is 5.41 Å². The monoisotopic (exact) mass is 823 g/mol. The highest BCUT2D eigenvalue weighted by Gasteiger charge is 2.66. The fraction of sp³-hybridized carbons (Fsp3) is 0.238. The molecule has 8 aromatic rings. The average molecular weight is 824 g/mol. The van der Waals surface area contributed by atoms with Gasteiger partial charge in [-0.05, 0) is 158 Å². The van der Waals surface area contributed by atoms with Crippen LogP contribution in [0.2, 0.25) is 0 Å². The van der Waals surface area contributed by atoms with E-state index in [1.165, 1.54) is 116 Å². The molecule has 1 heteroatoms. The minimum absolute atomic E-state index is 0.0811. The lowest BCUT2D eigenvalue weighted by molar-refractivity contribution is -0.0919. The third-order valence-corrected chi connectivity index (χ3v) is 17.7. The summed E-state index contributed by atoms with van der Waals surface area (Å²) in [7, 11) is 0. The van der Waals surface area contributed by atoms with Crippen molar-refractivity contribution in [2.24, 2.45) is 23.2 Å². The molecule has 0 N–H and O–H groups in total. The van der Waals surface area contributed by atoms with Crippen LogP contribution in [-0.2, 0) is 16.2 Å². The molecule has 0 aliphatic heterocycles. The summed E-state index contributed by atoms with van der Waals surface area (Å²) in [5.74, 6) is 2.00. The molecule has 0 radical (unpaired) electrons. The number of rotatable bonds is 4. The molecule has 7 aliphatic rings. The Morgan fingerprint density at radius 2 is 0.875 bits per heavy atom. The van der Waals surface area contributed by atoms with Gasteiger partial charge >= 0.3 is 0 Å². The van der Waals surface area contributed by atoms with Crippen LogP contribution in [0.5, 0.6) is 0 Å². The van der Waals surface area contributed by atoms with Crippen LogP contribution in [0.3, 0.4) is 0 Å². The lowest BCUT2D eigenvalue weighted by atomic mass is 9.36. The highest BCUT2D eigenvalue weighted by atomic mass is 15.1. The van der Waals surface area contributed by atoms with Crippen LogP contribution in [0.1, 0.15) is 97.4 Å². The van der Waals surface area contributed by atoms with Gasteiger partial charge in [0.2, 0.25) is 0 Å². The molecule has 7 aliphatic carbocycles. The maximum Gasteiger partial charge on any atom is 0.0719 e. The van der Waals surface area contributed by atoms with Gasteiger partial charge in [-0.3, -0.25) is 0 Å². The van der Waals surface area contributed by atoms with Gasteiger partial charge in [0.15, 0.2) is 0 Å². The van der Waals surface area contributed by atoms with Crippen molar-refractivity contribution in [3.8, 4) is 33.4 Å². The van der Waals surface area contributed by atoms with E-state index >= 15 is 0 Å². The highest BCUT2D eigenvalue weighted by molar-refractivity contribution is 5.93. The molecular formula is C63H53N. The van der Waals surface area contributed by atoms with Crippen molar-refractivity contribution in [3.05, 3.63) is 233 Å². The zero-order chi connectivity index (χ0) is 42.6. The SMILES string of the molecule is CC12CC3C[C@H](C1)C1(c4ccccc4C4(c5ccccc5-c5ccccc54)c4ccc(N(c5ccc6c(c5)C(C)(C)c5ccccc5-6)c5ccccc5-c5ccccc5)cc41)[C@@H](C3)C2. The van der Waals surface area contributed by atoms with Crippen LogP contribution >= 0.6 is 0 Å². The summed E-state index contributed by atoms with van der Waals surface area (Å²) in [5.41, 5.74) is 23.2. The Balaban J connectivity index is 1.08. The Bertz CT molecular complexity index is 3180. The number of benzene rings is 8. The molecule has 15 rings (SSSR count). The van der Waals surface area contributed by atoms with Crippen molar-refractivity contribution in [3.63, 3.8) is 0 Å². The Kier molecular flexibility index (Phi) is 7.43. The fourth-order valence-electron chi connectivity index (χ4n) is 15.7. The summed E-state index contributed by atoms with van der Waals surface area (Å²) in [5, 5.41) is 0. The number of anilines is 3.